The van der Waals surface area contributed by atoms with E-state index in [1.807, 2.05) is 24.3 Å². The van der Waals surface area contributed by atoms with Crippen molar-refractivity contribution in [3.05, 3.63) is 119 Å². The van der Waals surface area contributed by atoms with Crippen molar-refractivity contribution in [1.82, 2.24) is 11.0 Å². The molecule has 6 rings (SSSR count). The van der Waals surface area contributed by atoms with Crippen molar-refractivity contribution in [2.24, 2.45) is 21.8 Å². The molecule has 0 spiro atoms. The lowest BCUT2D eigenvalue weighted by atomic mass is 9.77. The zero-order chi connectivity index (χ0) is 37.0. The van der Waals surface area contributed by atoms with Gasteiger partial charge < -0.3 is 10.2 Å². The van der Waals surface area contributed by atoms with Crippen molar-refractivity contribution >= 4 is 23.0 Å². The van der Waals surface area contributed by atoms with E-state index >= 15 is 0 Å². The van der Waals surface area contributed by atoms with Crippen molar-refractivity contribution in [3.8, 4) is 11.5 Å². The van der Waals surface area contributed by atoms with Gasteiger partial charge in [0, 0.05) is 25.0 Å². The third-order valence-electron chi connectivity index (χ3n) is 9.98. The Bertz CT molecular complexity index is 1670. The molecule has 0 aromatic heterocycles. The lowest BCUT2D eigenvalue weighted by Crippen LogP contribution is -2.24. The molecular formula is C40H44F4N4O4. The van der Waals surface area contributed by atoms with Gasteiger partial charge in [0.15, 0.2) is 23.3 Å². The Kier molecular flexibility index (Phi) is 13.6. The molecule has 8 nitrogen and oxygen atoms in total. The maximum Gasteiger partial charge on any atom is 0.160 e. The number of rotatable bonds is 8. The number of hydrogen-bond donors (Lipinski definition) is 6. The Balaban J connectivity index is 0.000000201. The summed E-state index contributed by atoms with van der Waals surface area (Å²) in [6.45, 7) is 0. The monoisotopic (exact) mass is 720 g/mol. The van der Waals surface area contributed by atoms with Crippen LogP contribution in [0, 0.1) is 35.1 Å². The SMILES string of the molecule is ONC(CC1CCC(c2ccc(O)cc2)CC1)=Nc1ccc(F)c(F)c1.ONC(CC1CCC(c2ccc(O)cc2)CC1)=Nc1ccc(F)c(F)c1. The predicted octanol–water partition coefficient (Wildman–Crippen LogP) is 10.1. The average Bonchev–Trinajstić information content (AvgIpc) is 3.15. The maximum absolute atomic E-state index is 13.3. The highest BCUT2D eigenvalue weighted by atomic mass is 19.2. The molecule has 6 N–H and O–H groups in total. The molecule has 276 valence electrons. The minimum absolute atomic E-state index is 0.262. The minimum Gasteiger partial charge on any atom is -0.508 e. The van der Waals surface area contributed by atoms with Crippen molar-refractivity contribution in [3.63, 3.8) is 0 Å². The van der Waals surface area contributed by atoms with E-state index in [0.717, 1.165) is 75.6 Å². The summed E-state index contributed by atoms with van der Waals surface area (Å²) in [4.78, 5) is 8.36. The average molecular weight is 721 g/mol. The zero-order valence-corrected chi connectivity index (χ0v) is 28.7. The van der Waals surface area contributed by atoms with E-state index in [1.54, 1.807) is 24.3 Å². The van der Waals surface area contributed by atoms with E-state index in [0.29, 0.717) is 48.2 Å². The number of nitrogens with one attached hydrogen (secondary N) is 2. The van der Waals surface area contributed by atoms with Crippen LogP contribution in [0.15, 0.2) is 94.9 Å². The van der Waals surface area contributed by atoms with Crippen molar-refractivity contribution in [2.75, 3.05) is 0 Å². The first-order valence-electron chi connectivity index (χ1n) is 17.5. The molecule has 0 atom stereocenters. The second-order valence-electron chi connectivity index (χ2n) is 13.6. The number of phenols is 2. The quantitative estimate of drug-likeness (QED) is 0.0465. The largest absolute Gasteiger partial charge is 0.508 e. The van der Waals surface area contributed by atoms with Crippen molar-refractivity contribution in [1.29, 1.82) is 0 Å². The summed E-state index contributed by atoms with van der Waals surface area (Å²) in [5.41, 5.74) is 7.17. The number of hydroxylamine groups is 2. The molecule has 0 radical (unpaired) electrons. The molecule has 52 heavy (non-hydrogen) atoms. The molecule has 0 aliphatic heterocycles. The van der Waals surface area contributed by atoms with E-state index in [9.17, 15) is 38.2 Å². The number of phenolic OH excluding ortho intramolecular Hbond substituents is 2. The van der Waals surface area contributed by atoms with Crippen LogP contribution in [0.1, 0.15) is 87.2 Å². The molecular weight excluding hydrogens is 676 g/mol. The standard InChI is InChI=1S/2C20H22F2N2O2/c2*21-18-10-7-16(12-19(18)22)23-20(24-26)11-13-1-3-14(4-2-13)15-5-8-17(25)9-6-15/h2*5-10,12-14,25-26H,1-4,11H2,(H,23,24). The summed E-state index contributed by atoms with van der Waals surface area (Å²) >= 11 is 0. The maximum atomic E-state index is 13.3. The molecule has 0 amide bonds. The Morgan fingerprint density at radius 1 is 0.500 bits per heavy atom. The van der Waals surface area contributed by atoms with Crippen molar-refractivity contribution < 1.29 is 38.2 Å². The van der Waals surface area contributed by atoms with Crippen LogP contribution < -0.4 is 11.0 Å². The molecule has 0 bridgehead atoms. The van der Waals surface area contributed by atoms with Gasteiger partial charge in [-0.2, -0.15) is 0 Å². The van der Waals surface area contributed by atoms with Gasteiger partial charge >= 0.3 is 0 Å². The molecule has 0 heterocycles. The van der Waals surface area contributed by atoms with E-state index < -0.39 is 23.3 Å². The van der Waals surface area contributed by atoms with Gasteiger partial charge in [-0.3, -0.25) is 21.4 Å². The molecule has 0 unspecified atom stereocenters. The number of hydrogen-bond acceptors (Lipinski definition) is 6. The molecule has 2 aliphatic rings. The van der Waals surface area contributed by atoms with Gasteiger partial charge in [0.2, 0.25) is 0 Å². The van der Waals surface area contributed by atoms with Gasteiger partial charge in [0.1, 0.15) is 23.2 Å². The van der Waals surface area contributed by atoms with Gasteiger partial charge in [-0.05, 0) is 135 Å². The molecule has 2 aliphatic carbocycles. The van der Waals surface area contributed by atoms with E-state index in [1.165, 1.54) is 23.3 Å². The van der Waals surface area contributed by atoms with Gasteiger partial charge in [-0.1, -0.05) is 24.3 Å². The Morgan fingerprint density at radius 2 is 0.846 bits per heavy atom. The number of aromatic hydroxyl groups is 2. The van der Waals surface area contributed by atoms with Crippen LogP contribution in [0.4, 0.5) is 28.9 Å². The highest BCUT2D eigenvalue weighted by molar-refractivity contribution is 5.84. The first-order valence-corrected chi connectivity index (χ1v) is 17.5. The van der Waals surface area contributed by atoms with Crippen LogP contribution in [0.5, 0.6) is 11.5 Å². The van der Waals surface area contributed by atoms with E-state index in [2.05, 4.69) is 20.9 Å². The normalized spacial score (nSPS) is 20.8. The third-order valence-corrected chi connectivity index (χ3v) is 9.98. The van der Waals surface area contributed by atoms with Crippen LogP contribution in [-0.2, 0) is 0 Å². The summed E-state index contributed by atoms with van der Waals surface area (Å²) in [6, 6.07) is 21.5. The Labute approximate surface area is 300 Å². The van der Waals surface area contributed by atoms with Gasteiger partial charge in [0.05, 0.1) is 11.4 Å². The lowest BCUT2D eigenvalue weighted by molar-refractivity contribution is 0.226. The molecule has 12 heteroatoms. The summed E-state index contributed by atoms with van der Waals surface area (Å²) in [5, 5.41) is 37.4. The summed E-state index contributed by atoms with van der Waals surface area (Å²) in [7, 11) is 0. The van der Waals surface area contributed by atoms with Gasteiger partial charge in [-0.15, -0.1) is 0 Å². The third kappa shape index (κ3) is 11.0. The topological polar surface area (TPSA) is 130 Å². The van der Waals surface area contributed by atoms with Crippen LogP contribution in [0.3, 0.4) is 0 Å². The first-order chi connectivity index (χ1) is 25.1. The second kappa shape index (κ2) is 18.5. The lowest BCUT2D eigenvalue weighted by Gasteiger charge is -2.29. The number of nitrogens with zero attached hydrogens (tertiary/aromatic N) is 2. The number of amidine groups is 2. The summed E-state index contributed by atoms with van der Waals surface area (Å²) in [5.74, 6) is -0.835. The highest BCUT2D eigenvalue weighted by Crippen LogP contribution is 2.39. The second-order valence-corrected chi connectivity index (χ2v) is 13.6. The van der Waals surface area contributed by atoms with Crippen LogP contribution in [0.25, 0.3) is 0 Å². The summed E-state index contributed by atoms with van der Waals surface area (Å²) in [6.07, 6.45) is 9.18. The van der Waals surface area contributed by atoms with Gasteiger partial charge in [0.25, 0.3) is 0 Å². The number of benzene rings is 4. The van der Waals surface area contributed by atoms with Crippen molar-refractivity contribution in [2.45, 2.75) is 76.0 Å². The Hall–Kier alpha value is -4.94. The number of halogens is 4. The smallest absolute Gasteiger partial charge is 0.160 e. The van der Waals surface area contributed by atoms with Crippen LogP contribution in [0.2, 0.25) is 0 Å². The fraction of sp³-hybridized carbons (Fsp3) is 0.350. The molecule has 0 saturated heterocycles. The fourth-order valence-corrected chi connectivity index (χ4v) is 7.09. The van der Waals surface area contributed by atoms with Crippen LogP contribution in [-0.4, -0.2) is 32.3 Å². The Morgan fingerprint density at radius 3 is 1.15 bits per heavy atom. The molecule has 4 aromatic carbocycles. The number of aliphatic imine (C=N–C) groups is 2. The first kappa shape index (κ1) is 38.3. The fourth-order valence-electron chi connectivity index (χ4n) is 7.09. The summed E-state index contributed by atoms with van der Waals surface area (Å²) < 4.78 is 52.5. The van der Waals surface area contributed by atoms with Crippen LogP contribution >= 0.6 is 0 Å². The minimum atomic E-state index is -0.960. The molecule has 2 saturated carbocycles. The molecule has 4 aromatic rings. The highest BCUT2D eigenvalue weighted by Gasteiger charge is 2.25. The van der Waals surface area contributed by atoms with E-state index in [-0.39, 0.29) is 22.9 Å². The zero-order valence-electron chi connectivity index (χ0n) is 28.7. The predicted molar refractivity (Wildman–Crippen MR) is 192 cm³/mol. The molecule has 2 fully saturated rings. The van der Waals surface area contributed by atoms with Gasteiger partial charge in [-0.25, -0.2) is 27.5 Å². The van der Waals surface area contributed by atoms with E-state index in [4.69, 9.17) is 0 Å².